The highest BCUT2D eigenvalue weighted by molar-refractivity contribution is 6.07. The summed E-state index contributed by atoms with van der Waals surface area (Å²) in [5.74, 6) is -1.69. The lowest BCUT2D eigenvalue weighted by Gasteiger charge is -2.33. The Morgan fingerprint density at radius 3 is 2.74 bits per heavy atom. The largest absolute Gasteiger partial charge is 0.507 e. The van der Waals surface area contributed by atoms with Gasteiger partial charge in [0.2, 0.25) is 11.8 Å². The number of carbonyl (C=O) groups is 3. The third kappa shape index (κ3) is 2.42. The van der Waals surface area contributed by atoms with Crippen molar-refractivity contribution in [2.75, 3.05) is 6.54 Å². The first-order chi connectivity index (χ1) is 9.04. The van der Waals surface area contributed by atoms with Gasteiger partial charge < -0.3 is 10.0 Å². The highest BCUT2D eigenvalue weighted by Gasteiger charge is 2.36. The Morgan fingerprint density at radius 1 is 1.42 bits per heavy atom. The topological polar surface area (TPSA) is 86.7 Å². The summed E-state index contributed by atoms with van der Waals surface area (Å²) >= 11 is 0. The van der Waals surface area contributed by atoms with Crippen LogP contribution in [-0.4, -0.2) is 40.3 Å². The monoisotopic (exact) mass is 262 g/mol. The van der Waals surface area contributed by atoms with Gasteiger partial charge in [0.15, 0.2) is 0 Å². The Balaban J connectivity index is 2.33. The Morgan fingerprint density at radius 2 is 2.11 bits per heavy atom. The molecule has 1 aromatic carbocycles. The average Bonchev–Trinajstić information content (AvgIpc) is 2.37. The molecule has 0 aliphatic carbocycles. The first kappa shape index (κ1) is 13.1. The molecule has 19 heavy (non-hydrogen) atoms. The summed E-state index contributed by atoms with van der Waals surface area (Å²) in [7, 11) is 0. The van der Waals surface area contributed by atoms with Gasteiger partial charge in [-0.1, -0.05) is 19.1 Å². The van der Waals surface area contributed by atoms with Crippen LogP contribution in [0.5, 0.6) is 5.75 Å². The van der Waals surface area contributed by atoms with Crippen molar-refractivity contribution in [3.8, 4) is 5.75 Å². The van der Waals surface area contributed by atoms with Gasteiger partial charge in [0.1, 0.15) is 18.3 Å². The molecule has 3 amide bonds. The van der Waals surface area contributed by atoms with E-state index in [1.54, 1.807) is 19.1 Å². The lowest BCUT2D eigenvalue weighted by Crippen LogP contribution is -2.59. The van der Waals surface area contributed by atoms with Crippen molar-refractivity contribution in [2.24, 2.45) is 0 Å². The molecular weight excluding hydrogens is 248 g/mol. The van der Waals surface area contributed by atoms with E-state index < -0.39 is 23.8 Å². The molecule has 1 fully saturated rings. The molecule has 0 bridgehead atoms. The van der Waals surface area contributed by atoms with Crippen LogP contribution in [0.15, 0.2) is 24.3 Å². The van der Waals surface area contributed by atoms with Crippen LogP contribution in [0.1, 0.15) is 23.7 Å². The SMILES string of the molecule is CCC1C(=O)NC(=O)CN1C(=O)c1ccccc1O. The minimum Gasteiger partial charge on any atom is -0.507 e. The van der Waals surface area contributed by atoms with Crippen molar-refractivity contribution in [3.05, 3.63) is 29.8 Å². The van der Waals surface area contributed by atoms with E-state index in [2.05, 4.69) is 5.32 Å². The second-order valence-electron chi connectivity index (χ2n) is 4.29. The molecule has 0 saturated carbocycles. The Labute approximate surface area is 110 Å². The molecule has 100 valence electrons. The van der Waals surface area contributed by atoms with Crippen LogP contribution in [0.3, 0.4) is 0 Å². The third-order valence-electron chi connectivity index (χ3n) is 3.04. The lowest BCUT2D eigenvalue weighted by atomic mass is 10.1. The molecule has 0 radical (unpaired) electrons. The van der Waals surface area contributed by atoms with Crippen molar-refractivity contribution >= 4 is 17.7 Å². The number of imide groups is 1. The number of rotatable bonds is 2. The van der Waals surface area contributed by atoms with Gasteiger partial charge in [0, 0.05) is 0 Å². The van der Waals surface area contributed by atoms with Gasteiger partial charge in [-0.05, 0) is 18.6 Å². The zero-order valence-electron chi connectivity index (χ0n) is 10.4. The van der Waals surface area contributed by atoms with E-state index in [0.717, 1.165) is 0 Å². The summed E-state index contributed by atoms with van der Waals surface area (Å²) in [6, 6.07) is 5.36. The molecule has 0 aromatic heterocycles. The van der Waals surface area contributed by atoms with E-state index in [-0.39, 0.29) is 17.9 Å². The standard InChI is InChI=1S/C13H14N2O4/c1-2-9-12(18)14-11(17)7-15(9)13(19)8-5-3-4-6-10(8)16/h3-6,9,16H,2,7H2,1H3,(H,14,17,18). The fourth-order valence-corrected chi connectivity index (χ4v) is 2.10. The molecule has 6 heteroatoms. The fraction of sp³-hybridized carbons (Fsp3) is 0.308. The van der Waals surface area contributed by atoms with Gasteiger partial charge in [0.25, 0.3) is 5.91 Å². The number of hydrogen-bond acceptors (Lipinski definition) is 4. The number of carbonyl (C=O) groups excluding carboxylic acids is 3. The molecule has 1 aliphatic rings. The van der Waals surface area contributed by atoms with Crippen molar-refractivity contribution in [1.29, 1.82) is 0 Å². The van der Waals surface area contributed by atoms with E-state index in [0.29, 0.717) is 6.42 Å². The van der Waals surface area contributed by atoms with Crippen LogP contribution in [0.25, 0.3) is 0 Å². The second-order valence-corrected chi connectivity index (χ2v) is 4.29. The fourth-order valence-electron chi connectivity index (χ4n) is 2.10. The predicted molar refractivity (Wildman–Crippen MR) is 66.4 cm³/mol. The van der Waals surface area contributed by atoms with Crippen molar-refractivity contribution < 1.29 is 19.5 Å². The third-order valence-corrected chi connectivity index (χ3v) is 3.04. The summed E-state index contributed by atoms with van der Waals surface area (Å²) in [6.45, 7) is 1.57. The number of para-hydroxylation sites is 1. The Hall–Kier alpha value is -2.37. The minimum absolute atomic E-state index is 0.0865. The van der Waals surface area contributed by atoms with Crippen LogP contribution in [0.4, 0.5) is 0 Å². The summed E-state index contributed by atoms with van der Waals surface area (Å²) in [5.41, 5.74) is 0.0865. The first-order valence-corrected chi connectivity index (χ1v) is 5.97. The molecule has 1 aliphatic heterocycles. The maximum absolute atomic E-state index is 12.3. The molecule has 1 unspecified atom stereocenters. The predicted octanol–water partition coefficient (Wildman–Crippen LogP) is 0.269. The van der Waals surface area contributed by atoms with E-state index in [1.165, 1.54) is 17.0 Å². The van der Waals surface area contributed by atoms with E-state index in [9.17, 15) is 19.5 Å². The van der Waals surface area contributed by atoms with Crippen molar-refractivity contribution in [3.63, 3.8) is 0 Å². The van der Waals surface area contributed by atoms with Crippen LogP contribution in [-0.2, 0) is 9.59 Å². The molecule has 0 spiro atoms. The molecule has 6 nitrogen and oxygen atoms in total. The van der Waals surface area contributed by atoms with Gasteiger partial charge in [-0.25, -0.2) is 0 Å². The zero-order chi connectivity index (χ0) is 14.0. The maximum Gasteiger partial charge on any atom is 0.258 e. The number of hydrogen-bond donors (Lipinski definition) is 2. The van der Waals surface area contributed by atoms with Crippen LogP contribution >= 0.6 is 0 Å². The van der Waals surface area contributed by atoms with Crippen LogP contribution < -0.4 is 5.32 Å². The summed E-state index contributed by atoms with van der Waals surface area (Å²) in [5, 5.41) is 11.9. The van der Waals surface area contributed by atoms with Gasteiger partial charge in [-0.15, -0.1) is 0 Å². The molecule has 1 heterocycles. The lowest BCUT2D eigenvalue weighted by molar-refractivity contribution is -0.138. The number of benzene rings is 1. The number of nitrogens with zero attached hydrogens (tertiary/aromatic N) is 1. The molecular formula is C13H14N2O4. The van der Waals surface area contributed by atoms with E-state index in [1.807, 2.05) is 0 Å². The number of nitrogens with one attached hydrogen (secondary N) is 1. The first-order valence-electron chi connectivity index (χ1n) is 5.97. The Bertz CT molecular complexity index is 541. The zero-order valence-corrected chi connectivity index (χ0v) is 10.4. The number of phenols is 1. The van der Waals surface area contributed by atoms with E-state index >= 15 is 0 Å². The molecule has 2 rings (SSSR count). The van der Waals surface area contributed by atoms with Gasteiger partial charge >= 0.3 is 0 Å². The quantitative estimate of drug-likeness (QED) is 0.749. The number of amides is 3. The van der Waals surface area contributed by atoms with Crippen LogP contribution in [0, 0.1) is 0 Å². The number of aromatic hydroxyl groups is 1. The molecule has 1 aromatic rings. The van der Waals surface area contributed by atoms with E-state index in [4.69, 9.17) is 0 Å². The molecule has 1 atom stereocenters. The highest BCUT2D eigenvalue weighted by atomic mass is 16.3. The summed E-state index contributed by atoms with van der Waals surface area (Å²) < 4.78 is 0. The highest BCUT2D eigenvalue weighted by Crippen LogP contribution is 2.20. The van der Waals surface area contributed by atoms with Crippen LogP contribution in [0.2, 0.25) is 0 Å². The smallest absolute Gasteiger partial charge is 0.258 e. The van der Waals surface area contributed by atoms with Gasteiger partial charge in [-0.2, -0.15) is 0 Å². The second kappa shape index (κ2) is 5.09. The maximum atomic E-state index is 12.3. The minimum atomic E-state index is -0.690. The summed E-state index contributed by atoms with van der Waals surface area (Å²) in [6.07, 6.45) is 0.401. The van der Waals surface area contributed by atoms with Crippen molar-refractivity contribution in [1.82, 2.24) is 10.2 Å². The Kier molecular flexibility index (Phi) is 3.50. The average molecular weight is 262 g/mol. The summed E-state index contributed by atoms with van der Waals surface area (Å²) in [4.78, 5) is 36.6. The normalized spacial score (nSPS) is 19.2. The molecule has 2 N–H and O–H groups in total. The number of piperazine rings is 1. The van der Waals surface area contributed by atoms with Crippen molar-refractivity contribution in [2.45, 2.75) is 19.4 Å². The van der Waals surface area contributed by atoms with Gasteiger partial charge in [-0.3, -0.25) is 19.7 Å². The van der Waals surface area contributed by atoms with Gasteiger partial charge in [0.05, 0.1) is 5.56 Å². The number of phenolic OH excluding ortho intramolecular Hbond substituents is 1. The molecule has 1 saturated heterocycles.